The minimum Gasteiger partial charge on any atom is -0.497 e. The second-order valence-corrected chi connectivity index (χ2v) is 7.68. The molecule has 0 amide bonds. The molecule has 0 saturated carbocycles. The SMILES string of the molecule is COc1cccc(CN(C)C[C@@H](O)CO[C@H](c2ccccc2)c2ccccc2C)c1. The lowest BCUT2D eigenvalue weighted by molar-refractivity contribution is -0.00644. The van der Waals surface area contributed by atoms with Gasteiger partial charge in [0.25, 0.3) is 0 Å². The van der Waals surface area contributed by atoms with Crippen molar-refractivity contribution in [1.82, 2.24) is 4.90 Å². The third-order valence-corrected chi connectivity index (χ3v) is 5.14. The molecule has 0 aromatic heterocycles. The van der Waals surface area contributed by atoms with Crippen LogP contribution < -0.4 is 4.74 Å². The lowest BCUT2D eigenvalue weighted by Crippen LogP contribution is -2.32. The molecule has 4 heteroatoms. The van der Waals surface area contributed by atoms with Gasteiger partial charge in [-0.3, -0.25) is 4.90 Å². The van der Waals surface area contributed by atoms with Gasteiger partial charge < -0.3 is 14.6 Å². The Morgan fingerprint density at radius 2 is 1.67 bits per heavy atom. The van der Waals surface area contributed by atoms with Gasteiger partial charge in [-0.15, -0.1) is 0 Å². The topological polar surface area (TPSA) is 41.9 Å². The van der Waals surface area contributed by atoms with E-state index in [2.05, 4.69) is 42.2 Å². The maximum atomic E-state index is 10.6. The molecule has 3 aromatic carbocycles. The summed E-state index contributed by atoms with van der Waals surface area (Å²) in [5, 5.41) is 10.6. The number of benzene rings is 3. The average Bonchev–Trinajstić information content (AvgIpc) is 2.76. The molecule has 2 atom stereocenters. The Balaban J connectivity index is 1.61. The molecule has 0 bridgehead atoms. The lowest BCUT2D eigenvalue weighted by atomic mass is 9.97. The number of methoxy groups -OCH3 is 1. The molecular formula is C26H31NO3. The maximum absolute atomic E-state index is 10.6. The minimum absolute atomic E-state index is 0.203. The number of nitrogens with zero attached hydrogens (tertiary/aromatic N) is 1. The monoisotopic (exact) mass is 405 g/mol. The van der Waals surface area contributed by atoms with Crippen LogP contribution in [-0.4, -0.2) is 43.4 Å². The molecule has 0 aliphatic carbocycles. The molecule has 3 rings (SSSR count). The van der Waals surface area contributed by atoms with Gasteiger partial charge >= 0.3 is 0 Å². The molecule has 3 aromatic rings. The number of aliphatic hydroxyl groups is 1. The van der Waals surface area contributed by atoms with E-state index in [0.717, 1.165) is 29.0 Å². The fraction of sp³-hybridized carbons (Fsp3) is 0.308. The molecule has 30 heavy (non-hydrogen) atoms. The molecular weight excluding hydrogens is 374 g/mol. The van der Waals surface area contributed by atoms with Crippen molar-refractivity contribution in [3.63, 3.8) is 0 Å². The van der Waals surface area contributed by atoms with E-state index in [1.54, 1.807) is 7.11 Å². The quantitative estimate of drug-likeness (QED) is 0.535. The van der Waals surface area contributed by atoms with Crippen molar-refractivity contribution < 1.29 is 14.6 Å². The van der Waals surface area contributed by atoms with Crippen LogP contribution in [0.25, 0.3) is 0 Å². The third-order valence-electron chi connectivity index (χ3n) is 5.14. The van der Waals surface area contributed by atoms with Gasteiger partial charge in [-0.05, 0) is 48.4 Å². The second-order valence-electron chi connectivity index (χ2n) is 7.68. The molecule has 0 heterocycles. The van der Waals surface area contributed by atoms with Crippen LogP contribution in [0.15, 0.2) is 78.9 Å². The van der Waals surface area contributed by atoms with Crippen molar-refractivity contribution in [3.8, 4) is 5.75 Å². The van der Waals surface area contributed by atoms with Gasteiger partial charge in [-0.1, -0.05) is 66.7 Å². The van der Waals surface area contributed by atoms with E-state index in [0.29, 0.717) is 6.54 Å². The molecule has 0 aliphatic heterocycles. The van der Waals surface area contributed by atoms with E-state index in [-0.39, 0.29) is 12.7 Å². The van der Waals surface area contributed by atoms with E-state index in [9.17, 15) is 5.11 Å². The minimum atomic E-state index is -0.587. The summed E-state index contributed by atoms with van der Waals surface area (Å²) < 4.78 is 11.5. The van der Waals surface area contributed by atoms with Crippen LogP contribution in [-0.2, 0) is 11.3 Å². The highest BCUT2D eigenvalue weighted by atomic mass is 16.5. The lowest BCUT2D eigenvalue weighted by Gasteiger charge is -2.25. The predicted octanol–water partition coefficient (Wildman–Crippen LogP) is 4.60. The van der Waals surface area contributed by atoms with Crippen LogP contribution in [0.5, 0.6) is 5.75 Å². The first-order chi connectivity index (χ1) is 14.6. The Bertz CT molecular complexity index is 913. The second kappa shape index (κ2) is 10.9. The molecule has 4 nitrogen and oxygen atoms in total. The smallest absolute Gasteiger partial charge is 0.119 e. The van der Waals surface area contributed by atoms with E-state index in [1.165, 1.54) is 5.56 Å². The van der Waals surface area contributed by atoms with E-state index in [4.69, 9.17) is 9.47 Å². The Kier molecular flexibility index (Phi) is 8.03. The highest BCUT2D eigenvalue weighted by Crippen LogP contribution is 2.28. The van der Waals surface area contributed by atoms with Crippen LogP contribution in [0.2, 0.25) is 0 Å². The molecule has 0 saturated heterocycles. The number of aryl methyl sites for hydroxylation is 1. The summed E-state index contributed by atoms with van der Waals surface area (Å²) in [5.41, 5.74) is 4.53. The fourth-order valence-corrected chi connectivity index (χ4v) is 3.64. The zero-order chi connectivity index (χ0) is 21.3. The summed E-state index contributed by atoms with van der Waals surface area (Å²) in [7, 11) is 3.67. The normalized spacial score (nSPS) is 13.2. The predicted molar refractivity (Wildman–Crippen MR) is 121 cm³/mol. The van der Waals surface area contributed by atoms with Gasteiger partial charge in [0.2, 0.25) is 0 Å². The third kappa shape index (κ3) is 6.17. The summed E-state index contributed by atoms with van der Waals surface area (Å²) in [5.74, 6) is 0.841. The van der Waals surface area contributed by atoms with Crippen LogP contribution in [0.3, 0.4) is 0 Å². The molecule has 1 N–H and O–H groups in total. The maximum Gasteiger partial charge on any atom is 0.119 e. The first kappa shape index (κ1) is 22.0. The van der Waals surface area contributed by atoms with Gasteiger partial charge in [-0.2, -0.15) is 0 Å². The molecule has 0 aliphatic rings. The first-order valence-electron chi connectivity index (χ1n) is 10.3. The fourth-order valence-electron chi connectivity index (χ4n) is 3.64. The number of rotatable bonds is 10. The Morgan fingerprint density at radius 3 is 2.40 bits per heavy atom. The van der Waals surface area contributed by atoms with Crippen molar-refractivity contribution in [2.75, 3.05) is 27.3 Å². The van der Waals surface area contributed by atoms with Crippen molar-refractivity contribution >= 4 is 0 Å². The van der Waals surface area contributed by atoms with Crippen LogP contribution in [0.1, 0.15) is 28.4 Å². The van der Waals surface area contributed by atoms with E-state index in [1.807, 2.05) is 55.6 Å². The van der Waals surface area contributed by atoms with E-state index >= 15 is 0 Å². The number of likely N-dealkylation sites (N-methyl/N-ethyl adjacent to an activating group) is 1. The van der Waals surface area contributed by atoms with Crippen molar-refractivity contribution in [2.45, 2.75) is 25.7 Å². The first-order valence-corrected chi connectivity index (χ1v) is 10.3. The Labute approximate surface area is 179 Å². The summed E-state index contributed by atoms with van der Waals surface area (Å²) >= 11 is 0. The molecule has 0 spiro atoms. The van der Waals surface area contributed by atoms with Crippen molar-refractivity contribution in [1.29, 1.82) is 0 Å². The highest BCUT2D eigenvalue weighted by Gasteiger charge is 2.19. The van der Waals surface area contributed by atoms with Crippen molar-refractivity contribution in [3.05, 3.63) is 101 Å². The van der Waals surface area contributed by atoms with Crippen LogP contribution in [0.4, 0.5) is 0 Å². The van der Waals surface area contributed by atoms with Crippen molar-refractivity contribution in [2.24, 2.45) is 0 Å². The van der Waals surface area contributed by atoms with E-state index < -0.39 is 6.10 Å². The average molecular weight is 406 g/mol. The zero-order valence-electron chi connectivity index (χ0n) is 18.0. The summed E-state index contributed by atoms with van der Waals surface area (Å²) in [6.45, 7) is 3.60. The molecule has 0 fully saturated rings. The highest BCUT2D eigenvalue weighted by molar-refractivity contribution is 5.35. The molecule has 0 radical (unpaired) electrons. The zero-order valence-corrected chi connectivity index (χ0v) is 18.0. The number of hydrogen-bond acceptors (Lipinski definition) is 4. The summed E-state index contributed by atoms with van der Waals surface area (Å²) in [6, 6.07) is 26.4. The Hall–Kier alpha value is -2.66. The van der Waals surface area contributed by atoms with Gasteiger partial charge in [0.05, 0.1) is 19.8 Å². The van der Waals surface area contributed by atoms with Crippen LogP contribution >= 0.6 is 0 Å². The van der Waals surface area contributed by atoms with Gasteiger partial charge in [0.15, 0.2) is 0 Å². The number of ether oxygens (including phenoxy) is 2. The standard InChI is InChI=1S/C26H31NO3/c1-20-10-7-8-15-25(20)26(22-12-5-4-6-13-22)30-19-23(28)18-27(2)17-21-11-9-14-24(16-21)29-3/h4-16,23,26,28H,17-19H2,1-3H3/t23-,26-/m1/s1. The van der Waals surface area contributed by atoms with Gasteiger partial charge in [-0.25, -0.2) is 0 Å². The molecule has 158 valence electrons. The Morgan fingerprint density at radius 1 is 0.933 bits per heavy atom. The summed E-state index contributed by atoms with van der Waals surface area (Å²) in [4.78, 5) is 2.09. The number of hydrogen-bond donors (Lipinski definition) is 1. The van der Waals surface area contributed by atoms with Crippen LogP contribution in [0, 0.1) is 6.92 Å². The molecule has 0 unspecified atom stereocenters. The summed E-state index contributed by atoms with van der Waals surface area (Å²) in [6.07, 6.45) is -0.790. The largest absolute Gasteiger partial charge is 0.497 e. The van der Waals surface area contributed by atoms with Gasteiger partial charge in [0.1, 0.15) is 11.9 Å². The van der Waals surface area contributed by atoms with Gasteiger partial charge in [0, 0.05) is 13.1 Å². The number of aliphatic hydroxyl groups excluding tert-OH is 1.